The number of Topliss-reactive ketones (excluding diaryl/α,β-unsaturated/α-hetero) is 1. The molecule has 1 atom stereocenters. The van der Waals surface area contributed by atoms with E-state index in [1.54, 1.807) is 24.3 Å². The van der Waals surface area contributed by atoms with Crippen LogP contribution in [-0.2, 0) is 14.6 Å². The molecule has 1 aliphatic heterocycles. The largest absolute Gasteiger partial charge is 0.326 e. The van der Waals surface area contributed by atoms with Crippen molar-refractivity contribution in [2.75, 3.05) is 16.8 Å². The molecule has 1 heterocycles. The summed E-state index contributed by atoms with van der Waals surface area (Å²) in [6, 6.07) is 6.53. The van der Waals surface area contributed by atoms with E-state index in [9.17, 15) is 18.0 Å². The lowest BCUT2D eigenvalue weighted by Gasteiger charge is -2.09. The molecule has 6 heteroatoms. The van der Waals surface area contributed by atoms with E-state index in [-0.39, 0.29) is 23.2 Å². The Labute approximate surface area is 111 Å². The Hall–Kier alpha value is -1.69. The molecule has 1 saturated heterocycles. The third kappa shape index (κ3) is 3.41. The SMILES string of the molecule is CC(=O)c1ccc(NC(=O)[C@H]2CCS(=O)(=O)C2)cc1. The molecule has 0 aromatic heterocycles. The number of rotatable bonds is 3. The highest BCUT2D eigenvalue weighted by molar-refractivity contribution is 7.91. The molecule has 0 aliphatic carbocycles. The molecule has 1 fully saturated rings. The van der Waals surface area contributed by atoms with Crippen molar-refractivity contribution in [1.82, 2.24) is 0 Å². The molecule has 0 saturated carbocycles. The Morgan fingerprint density at radius 3 is 2.32 bits per heavy atom. The first kappa shape index (κ1) is 13.7. The maximum atomic E-state index is 11.9. The smallest absolute Gasteiger partial charge is 0.228 e. The van der Waals surface area contributed by atoms with Crippen LogP contribution in [0.25, 0.3) is 0 Å². The van der Waals surface area contributed by atoms with E-state index in [4.69, 9.17) is 0 Å². The number of benzene rings is 1. The van der Waals surface area contributed by atoms with Crippen molar-refractivity contribution in [2.45, 2.75) is 13.3 Å². The van der Waals surface area contributed by atoms with Crippen molar-refractivity contribution in [1.29, 1.82) is 0 Å². The first-order valence-electron chi connectivity index (χ1n) is 6.00. The molecule has 1 aromatic rings. The molecule has 0 spiro atoms. The molecule has 5 nitrogen and oxygen atoms in total. The molecule has 0 unspecified atom stereocenters. The number of sulfone groups is 1. The summed E-state index contributed by atoms with van der Waals surface area (Å²) in [4.78, 5) is 23.0. The van der Waals surface area contributed by atoms with E-state index in [0.717, 1.165) is 0 Å². The van der Waals surface area contributed by atoms with Crippen molar-refractivity contribution in [3.05, 3.63) is 29.8 Å². The molecule has 102 valence electrons. The summed E-state index contributed by atoms with van der Waals surface area (Å²) in [5.41, 5.74) is 1.14. The van der Waals surface area contributed by atoms with Gasteiger partial charge in [0.15, 0.2) is 15.6 Å². The van der Waals surface area contributed by atoms with E-state index in [1.165, 1.54) is 6.92 Å². The molecular formula is C13H15NO4S. The lowest BCUT2D eigenvalue weighted by molar-refractivity contribution is -0.119. The Bertz CT molecular complexity index is 604. The van der Waals surface area contributed by atoms with E-state index >= 15 is 0 Å². The second kappa shape index (κ2) is 5.13. The minimum atomic E-state index is -3.06. The van der Waals surface area contributed by atoms with Crippen LogP contribution >= 0.6 is 0 Å². The molecule has 1 aliphatic rings. The van der Waals surface area contributed by atoms with Crippen LogP contribution in [0.5, 0.6) is 0 Å². The lowest BCUT2D eigenvalue weighted by atomic mass is 10.1. The quantitative estimate of drug-likeness (QED) is 0.846. The minimum absolute atomic E-state index is 0.0419. The maximum Gasteiger partial charge on any atom is 0.228 e. The van der Waals surface area contributed by atoms with Crippen LogP contribution in [-0.4, -0.2) is 31.6 Å². The number of anilines is 1. The molecule has 0 radical (unpaired) electrons. The van der Waals surface area contributed by atoms with Crippen molar-refractivity contribution < 1.29 is 18.0 Å². The van der Waals surface area contributed by atoms with E-state index in [2.05, 4.69) is 5.32 Å². The van der Waals surface area contributed by atoms with Gasteiger partial charge in [-0.3, -0.25) is 9.59 Å². The summed E-state index contributed by atoms with van der Waals surface area (Å²) in [7, 11) is -3.06. The maximum absolute atomic E-state index is 11.9. The van der Waals surface area contributed by atoms with Gasteiger partial charge in [-0.05, 0) is 37.6 Å². The van der Waals surface area contributed by atoms with Gasteiger partial charge in [-0.2, -0.15) is 0 Å². The zero-order chi connectivity index (χ0) is 14.0. The lowest BCUT2D eigenvalue weighted by Crippen LogP contribution is -2.23. The third-order valence-electron chi connectivity index (χ3n) is 3.16. The number of nitrogens with one attached hydrogen (secondary N) is 1. The van der Waals surface area contributed by atoms with Crippen molar-refractivity contribution >= 4 is 27.2 Å². The molecule has 1 N–H and O–H groups in total. The highest BCUT2D eigenvalue weighted by Crippen LogP contribution is 2.20. The van der Waals surface area contributed by atoms with Gasteiger partial charge in [-0.25, -0.2) is 8.42 Å². The van der Waals surface area contributed by atoms with E-state index in [1.807, 2.05) is 0 Å². The average Bonchev–Trinajstić information content (AvgIpc) is 2.70. The van der Waals surface area contributed by atoms with Gasteiger partial charge in [0, 0.05) is 11.3 Å². The molecule has 1 aromatic carbocycles. The van der Waals surface area contributed by atoms with Gasteiger partial charge in [0.25, 0.3) is 0 Å². The van der Waals surface area contributed by atoms with Gasteiger partial charge in [-0.15, -0.1) is 0 Å². The van der Waals surface area contributed by atoms with Gasteiger partial charge in [0.05, 0.1) is 17.4 Å². The monoisotopic (exact) mass is 281 g/mol. The fourth-order valence-corrected chi connectivity index (χ4v) is 3.78. The van der Waals surface area contributed by atoms with Crippen LogP contribution < -0.4 is 5.32 Å². The molecule has 1 amide bonds. The average molecular weight is 281 g/mol. The van der Waals surface area contributed by atoms with Crippen LogP contribution in [0.2, 0.25) is 0 Å². The van der Waals surface area contributed by atoms with Crippen LogP contribution in [0, 0.1) is 5.92 Å². The normalized spacial score (nSPS) is 21.0. The summed E-state index contributed by atoms with van der Waals surface area (Å²) in [6.07, 6.45) is 0.375. The Kier molecular flexibility index (Phi) is 3.71. The van der Waals surface area contributed by atoms with Crippen molar-refractivity contribution in [3.8, 4) is 0 Å². The topological polar surface area (TPSA) is 80.3 Å². The summed E-state index contributed by atoms with van der Waals surface area (Å²) >= 11 is 0. The zero-order valence-corrected chi connectivity index (χ0v) is 11.4. The van der Waals surface area contributed by atoms with Gasteiger partial charge >= 0.3 is 0 Å². The molecular weight excluding hydrogens is 266 g/mol. The van der Waals surface area contributed by atoms with Gasteiger partial charge in [0.2, 0.25) is 5.91 Å². The number of carbonyl (C=O) groups excluding carboxylic acids is 2. The summed E-state index contributed by atoms with van der Waals surface area (Å²) < 4.78 is 22.6. The third-order valence-corrected chi connectivity index (χ3v) is 4.93. The second-order valence-electron chi connectivity index (χ2n) is 4.72. The first-order chi connectivity index (χ1) is 8.87. The van der Waals surface area contributed by atoms with Crippen LogP contribution in [0.4, 0.5) is 5.69 Å². The van der Waals surface area contributed by atoms with Crippen LogP contribution in [0.1, 0.15) is 23.7 Å². The molecule has 2 rings (SSSR count). The van der Waals surface area contributed by atoms with Gasteiger partial charge in [-0.1, -0.05) is 0 Å². The zero-order valence-electron chi connectivity index (χ0n) is 10.5. The van der Waals surface area contributed by atoms with Crippen LogP contribution in [0.3, 0.4) is 0 Å². The summed E-state index contributed by atoms with van der Waals surface area (Å²) in [6.45, 7) is 1.47. The number of amides is 1. The first-order valence-corrected chi connectivity index (χ1v) is 7.82. The summed E-state index contributed by atoms with van der Waals surface area (Å²) in [5.74, 6) is -0.799. The fourth-order valence-electron chi connectivity index (χ4n) is 2.03. The Balaban J connectivity index is 2.01. The number of carbonyl (C=O) groups is 2. The predicted octanol–water partition coefficient (Wildman–Crippen LogP) is 1.26. The van der Waals surface area contributed by atoms with Crippen molar-refractivity contribution in [2.24, 2.45) is 5.92 Å². The Morgan fingerprint density at radius 1 is 1.21 bits per heavy atom. The molecule has 19 heavy (non-hydrogen) atoms. The fraction of sp³-hybridized carbons (Fsp3) is 0.385. The predicted molar refractivity (Wildman–Crippen MR) is 71.8 cm³/mol. The summed E-state index contributed by atoms with van der Waals surface area (Å²) in [5, 5.41) is 2.67. The highest BCUT2D eigenvalue weighted by atomic mass is 32.2. The van der Waals surface area contributed by atoms with Gasteiger partial charge in [0.1, 0.15) is 0 Å². The minimum Gasteiger partial charge on any atom is -0.326 e. The van der Waals surface area contributed by atoms with Gasteiger partial charge < -0.3 is 5.32 Å². The van der Waals surface area contributed by atoms with E-state index in [0.29, 0.717) is 17.7 Å². The van der Waals surface area contributed by atoms with Crippen molar-refractivity contribution in [3.63, 3.8) is 0 Å². The highest BCUT2D eigenvalue weighted by Gasteiger charge is 2.32. The number of hydrogen-bond donors (Lipinski definition) is 1. The van der Waals surface area contributed by atoms with Crippen LogP contribution in [0.15, 0.2) is 24.3 Å². The number of ketones is 1. The van der Waals surface area contributed by atoms with E-state index < -0.39 is 15.8 Å². The Morgan fingerprint density at radius 2 is 1.84 bits per heavy atom. The number of hydrogen-bond acceptors (Lipinski definition) is 4. The standard InChI is InChI=1S/C13H15NO4S/c1-9(15)10-2-4-12(5-3-10)14-13(16)11-6-7-19(17,18)8-11/h2-5,11H,6-8H2,1H3,(H,14,16)/t11-/m0/s1. The second-order valence-corrected chi connectivity index (χ2v) is 6.95. The molecule has 0 bridgehead atoms.